The van der Waals surface area contributed by atoms with Gasteiger partial charge in [-0.1, -0.05) is 18.2 Å². The molecule has 0 saturated carbocycles. The fraction of sp³-hybridized carbons (Fsp3) is 0.533. The number of hydrogen-bond acceptors (Lipinski definition) is 8. The number of carbonyl (C=O) groups is 3. The molecule has 1 unspecified atom stereocenters. The quantitative estimate of drug-likeness (QED) is 0.235. The lowest BCUT2D eigenvalue weighted by Gasteiger charge is -2.45. The Bertz CT molecular complexity index is 1410. The molecule has 0 aliphatic carbocycles. The van der Waals surface area contributed by atoms with Gasteiger partial charge in [0.25, 0.3) is 0 Å². The van der Waals surface area contributed by atoms with E-state index in [0.29, 0.717) is 6.42 Å². The van der Waals surface area contributed by atoms with E-state index in [4.69, 9.17) is 4.74 Å². The van der Waals surface area contributed by atoms with Crippen molar-refractivity contribution < 1.29 is 27.5 Å². The van der Waals surface area contributed by atoms with Gasteiger partial charge in [0.15, 0.2) is 0 Å². The molecule has 1 saturated heterocycles. The van der Waals surface area contributed by atoms with Gasteiger partial charge in [0.2, 0.25) is 21.8 Å². The number of hydrogen-bond donors (Lipinski definition) is 3. The van der Waals surface area contributed by atoms with Crippen LogP contribution in [0.3, 0.4) is 0 Å². The minimum atomic E-state index is -3.74. The first-order valence-corrected chi connectivity index (χ1v) is 16.0. The predicted molar refractivity (Wildman–Crippen MR) is 158 cm³/mol. The third kappa shape index (κ3) is 7.65. The van der Waals surface area contributed by atoms with Crippen LogP contribution in [0.4, 0.5) is 5.82 Å². The van der Waals surface area contributed by atoms with Crippen molar-refractivity contribution in [3.05, 3.63) is 53.2 Å². The molecular weight excluding hydrogens is 558 g/mol. The Hall–Kier alpha value is -3.51. The molecule has 2 aliphatic rings. The van der Waals surface area contributed by atoms with Crippen LogP contribution in [0.25, 0.3) is 0 Å². The van der Waals surface area contributed by atoms with E-state index in [9.17, 15) is 22.8 Å². The molecule has 228 valence electrons. The molecule has 1 atom stereocenters. The molecule has 12 heteroatoms. The third-order valence-corrected chi connectivity index (χ3v) is 9.43. The van der Waals surface area contributed by atoms with E-state index in [1.807, 2.05) is 19.1 Å². The number of sulfonamides is 1. The lowest BCUT2D eigenvalue weighted by molar-refractivity contribution is -0.150. The Morgan fingerprint density at radius 2 is 1.95 bits per heavy atom. The maximum atomic E-state index is 13.1. The van der Waals surface area contributed by atoms with Gasteiger partial charge in [0.1, 0.15) is 11.9 Å². The lowest BCUT2D eigenvalue weighted by atomic mass is 9.83. The van der Waals surface area contributed by atoms with Crippen molar-refractivity contribution in [2.75, 3.05) is 38.1 Å². The number of rotatable bonds is 13. The standard InChI is InChI=1S/C30H41N5O6S/c1-4-41-28(37)25(18-32-26(36)13-6-5-11-23-15-14-22-10-8-16-31-27(22)33-23)34-29(38)30(3)19-35(20-30)42(39,40)24-12-7-9-21(2)17-24/h7,9,12,14-15,17,25H,4-6,8,10-11,13,16,18-20H2,1-3H3,(H,31,33)(H,32,36)(H,34,38). The number of esters is 1. The normalized spacial score (nSPS) is 16.7. The van der Waals surface area contributed by atoms with Gasteiger partial charge < -0.3 is 20.7 Å². The smallest absolute Gasteiger partial charge is 0.330 e. The summed E-state index contributed by atoms with van der Waals surface area (Å²) in [5, 5.41) is 8.73. The Labute approximate surface area is 247 Å². The SMILES string of the molecule is CCOC(=O)C(CNC(=O)CCCCc1ccc2c(n1)NCCC2)NC(=O)C1(C)CN(S(=O)(=O)c2cccc(C)c2)C1. The molecule has 2 aromatic rings. The molecule has 11 nitrogen and oxygen atoms in total. The molecule has 3 N–H and O–H groups in total. The van der Waals surface area contributed by atoms with Crippen LogP contribution in [0.1, 0.15) is 56.4 Å². The van der Waals surface area contributed by atoms with E-state index < -0.39 is 33.4 Å². The molecule has 2 amide bonds. The summed E-state index contributed by atoms with van der Waals surface area (Å²) in [6.07, 6.45) is 4.63. The van der Waals surface area contributed by atoms with Gasteiger partial charge in [-0.15, -0.1) is 0 Å². The van der Waals surface area contributed by atoms with Crippen LogP contribution >= 0.6 is 0 Å². The van der Waals surface area contributed by atoms with Gasteiger partial charge in [-0.25, -0.2) is 18.2 Å². The third-order valence-electron chi connectivity index (χ3n) is 7.64. The van der Waals surface area contributed by atoms with Gasteiger partial charge >= 0.3 is 5.97 Å². The van der Waals surface area contributed by atoms with E-state index in [1.165, 1.54) is 15.9 Å². The largest absolute Gasteiger partial charge is 0.464 e. The minimum Gasteiger partial charge on any atom is -0.464 e. The average Bonchev–Trinajstić information content (AvgIpc) is 2.95. The van der Waals surface area contributed by atoms with Crippen LogP contribution in [0.15, 0.2) is 41.3 Å². The van der Waals surface area contributed by atoms with Crippen molar-refractivity contribution in [2.24, 2.45) is 5.41 Å². The molecular formula is C30H41N5O6S. The summed E-state index contributed by atoms with van der Waals surface area (Å²) in [7, 11) is -3.74. The Morgan fingerprint density at radius 3 is 2.69 bits per heavy atom. The molecule has 0 spiro atoms. The Kier molecular flexibility index (Phi) is 10.2. The summed E-state index contributed by atoms with van der Waals surface area (Å²) in [5.74, 6) is -0.410. The van der Waals surface area contributed by atoms with Crippen molar-refractivity contribution in [3.63, 3.8) is 0 Å². The molecule has 1 fully saturated rings. The second kappa shape index (κ2) is 13.6. The number of unbranched alkanes of at least 4 members (excludes halogenated alkanes) is 1. The molecule has 42 heavy (non-hydrogen) atoms. The molecule has 2 aliphatic heterocycles. The van der Waals surface area contributed by atoms with E-state index in [2.05, 4.69) is 27.0 Å². The highest BCUT2D eigenvalue weighted by Gasteiger charge is 2.50. The summed E-state index contributed by atoms with van der Waals surface area (Å²) in [6, 6.07) is 9.67. The van der Waals surface area contributed by atoms with Gasteiger partial charge in [-0.3, -0.25) is 9.59 Å². The molecule has 3 heterocycles. The summed E-state index contributed by atoms with van der Waals surface area (Å²) in [6.45, 7) is 6.01. The molecule has 4 rings (SSSR count). The van der Waals surface area contributed by atoms with E-state index in [-0.39, 0.29) is 43.5 Å². The van der Waals surface area contributed by atoms with Crippen molar-refractivity contribution in [2.45, 2.75) is 70.2 Å². The summed E-state index contributed by atoms with van der Waals surface area (Å²) >= 11 is 0. The molecule has 1 aromatic carbocycles. The van der Waals surface area contributed by atoms with Gasteiger partial charge in [0.05, 0.1) is 16.9 Å². The number of anilines is 1. The number of ether oxygens (including phenoxy) is 1. The van der Waals surface area contributed by atoms with Gasteiger partial charge in [-0.2, -0.15) is 4.31 Å². The highest BCUT2D eigenvalue weighted by Crippen LogP contribution is 2.35. The Morgan fingerprint density at radius 1 is 1.17 bits per heavy atom. The van der Waals surface area contributed by atoms with Crippen LogP contribution in [0.2, 0.25) is 0 Å². The topological polar surface area (TPSA) is 147 Å². The zero-order chi connectivity index (χ0) is 30.3. The fourth-order valence-corrected chi connectivity index (χ4v) is 6.94. The van der Waals surface area contributed by atoms with Crippen LogP contribution in [0.5, 0.6) is 0 Å². The monoisotopic (exact) mass is 599 g/mol. The van der Waals surface area contributed by atoms with Crippen LogP contribution in [-0.4, -0.2) is 74.3 Å². The van der Waals surface area contributed by atoms with Gasteiger partial charge in [-0.05, 0) is 82.2 Å². The minimum absolute atomic E-state index is 0.0217. The summed E-state index contributed by atoms with van der Waals surface area (Å²) in [4.78, 5) is 43.1. The first-order valence-electron chi connectivity index (χ1n) is 14.6. The molecule has 1 aromatic heterocycles. The fourth-order valence-electron chi connectivity index (χ4n) is 5.14. The predicted octanol–water partition coefficient (Wildman–Crippen LogP) is 2.34. The second-order valence-corrected chi connectivity index (χ2v) is 13.2. The second-order valence-electron chi connectivity index (χ2n) is 11.3. The first-order chi connectivity index (χ1) is 20.0. The maximum absolute atomic E-state index is 13.1. The zero-order valence-corrected chi connectivity index (χ0v) is 25.4. The van der Waals surface area contributed by atoms with Crippen LogP contribution in [0, 0.1) is 12.3 Å². The number of aryl methyl sites for hydroxylation is 3. The number of fused-ring (bicyclic) bond motifs is 1. The number of aromatic nitrogens is 1. The summed E-state index contributed by atoms with van der Waals surface area (Å²) in [5.41, 5.74) is 2.03. The van der Waals surface area contributed by atoms with E-state index in [0.717, 1.165) is 49.3 Å². The Balaban J connectivity index is 1.24. The van der Waals surface area contributed by atoms with E-state index in [1.54, 1.807) is 26.0 Å². The average molecular weight is 600 g/mol. The number of amides is 2. The van der Waals surface area contributed by atoms with Crippen molar-refractivity contribution >= 4 is 33.6 Å². The number of nitrogens with zero attached hydrogens (tertiary/aromatic N) is 2. The zero-order valence-electron chi connectivity index (χ0n) is 24.6. The first kappa shape index (κ1) is 31.4. The maximum Gasteiger partial charge on any atom is 0.330 e. The molecule has 0 radical (unpaired) electrons. The van der Waals surface area contributed by atoms with Crippen molar-refractivity contribution in [1.82, 2.24) is 19.9 Å². The number of carbonyl (C=O) groups excluding carboxylic acids is 3. The van der Waals surface area contributed by atoms with Crippen molar-refractivity contribution in [3.8, 4) is 0 Å². The molecule has 0 bridgehead atoms. The summed E-state index contributed by atoms with van der Waals surface area (Å²) < 4.78 is 32.3. The number of nitrogens with one attached hydrogen (secondary N) is 3. The lowest BCUT2D eigenvalue weighted by Crippen LogP contribution is -2.65. The number of benzene rings is 1. The van der Waals surface area contributed by atoms with Crippen LogP contribution < -0.4 is 16.0 Å². The van der Waals surface area contributed by atoms with Gasteiger partial charge in [0, 0.05) is 38.3 Å². The van der Waals surface area contributed by atoms with Crippen LogP contribution in [-0.2, 0) is 42.0 Å². The highest BCUT2D eigenvalue weighted by atomic mass is 32.2. The van der Waals surface area contributed by atoms with Crippen molar-refractivity contribution in [1.29, 1.82) is 0 Å². The van der Waals surface area contributed by atoms with E-state index >= 15 is 0 Å². The highest BCUT2D eigenvalue weighted by molar-refractivity contribution is 7.89. The number of pyridine rings is 1.